The molecule has 76 valence electrons. The summed E-state index contributed by atoms with van der Waals surface area (Å²) in [6.07, 6.45) is 8.44. The van der Waals surface area contributed by atoms with Crippen molar-refractivity contribution in [2.45, 2.75) is 59.3 Å². The smallest absolute Gasteiger partial charge is 0.0785 e. The van der Waals surface area contributed by atoms with E-state index in [-0.39, 0.29) is 0 Å². The van der Waals surface area contributed by atoms with Crippen LogP contribution in [0.5, 0.6) is 0 Å². The van der Waals surface area contributed by atoms with Crippen LogP contribution in [0.3, 0.4) is 0 Å². The van der Waals surface area contributed by atoms with Gasteiger partial charge in [0.2, 0.25) is 0 Å². The molecule has 1 heteroatoms. The molecule has 0 aliphatic carbocycles. The van der Waals surface area contributed by atoms with E-state index in [1.165, 1.54) is 38.5 Å². The van der Waals surface area contributed by atoms with Gasteiger partial charge in [-0.05, 0) is 5.92 Å². The quantitative estimate of drug-likeness (QED) is 0.555. The van der Waals surface area contributed by atoms with Crippen molar-refractivity contribution in [3.8, 4) is 0 Å². The first-order valence-electron chi connectivity index (χ1n) is 5.19. The summed E-state index contributed by atoms with van der Waals surface area (Å²) >= 11 is 0. The molecule has 0 radical (unpaired) electrons. The van der Waals surface area contributed by atoms with E-state index in [2.05, 4.69) is 20.8 Å². The van der Waals surface area contributed by atoms with Crippen molar-refractivity contribution < 1.29 is 4.39 Å². The van der Waals surface area contributed by atoms with Crippen LogP contribution in [0.4, 0.5) is 4.39 Å². The Labute approximate surface area is 77.6 Å². The molecular formula is C11H25F. The first kappa shape index (κ1) is 14.5. The molecule has 0 amide bonds. The second-order valence-electron chi connectivity index (χ2n) is 3.39. The molecule has 0 unspecified atom stereocenters. The van der Waals surface area contributed by atoms with E-state index in [1.54, 1.807) is 0 Å². The Morgan fingerprint density at radius 2 is 1.25 bits per heavy atom. The summed E-state index contributed by atoms with van der Waals surface area (Å²) in [6, 6.07) is 0. The lowest BCUT2D eigenvalue weighted by molar-refractivity contribution is 0.454. The minimum absolute atomic E-state index is 0.500. The molecule has 0 atom stereocenters. The number of hydrogen-bond donors (Lipinski definition) is 0. The van der Waals surface area contributed by atoms with Crippen LogP contribution in [0.1, 0.15) is 59.3 Å². The highest BCUT2D eigenvalue weighted by Crippen LogP contribution is 2.14. The predicted molar refractivity (Wildman–Crippen MR) is 55.2 cm³/mol. The monoisotopic (exact) mass is 176 g/mol. The molecule has 0 saturated carbocycles. The first-order chi connectivity index (χ1) is 5.81. The molecule has 0 heterocycles. The van der Waals surface area contributed by atoms with E-state index < -0.39 is 0 Å². The Morgan fingerprint density at radius 1 is 0.917 bits per heavy atom. The standard InChI is InChI=1S/C10H22.CH3F/c1-4-6-8-10(3)9-7-5-2;1-2/h10H,4-9H2,1-3H3;1H3. The van der Waals surface area contributed by atoms with Crippen molar-refractivity contribution in [2.24, 2.45) is 5.92 Å². The summed E-state index contributed by atoms with van der Waals surface area (Å²) in [5, 5.41) is 0. The van der Waals surface area contributed by atoms with Gasteiger partial charge in [-0.2, -0.15) is 0 Å². The maximum atomic E-state index is 9.50. The molecule has 0 aliphatic heterocycles. The molecule has 0 aromatic carbocycles. The highest BCUT2D eigenvalue weighted by molar-refractivity contribution is 4.52. The van der Waals surface area contributed by atoms with Crippen LogP contribution in [0, 0.1) is 5.92 Å². The van der Waals surface area contributed by atoms with Gasteiger partial charge in [0.15, 0.2) is 0 Å². The Balaban J connectivity index is 0. The Kier molecular flexibility index (Phi) is 16.3. The zero-order valence-corrected chi connectivity index (χ0v) is 9.20. The molecule has 0 aliphatic rings. The largest absolute Gasteiger partial charge is 0.255 e. The Bertz CT molecular complexity index is 54.0. The van der Waals surface area contributed by atoms with Gasteiger partial charge < -0.3 is 0 Å². The average molecular weight is 176 g/mol. The lowest BCUT2D eigenvalue weighted by atomic mass is 9.98. The second-order valence-corrected chi connectivity index (χ2v) is 3.39. The Hall–Kier alpha value is -0.0700. The van der Waals surface area contributed by atoms with Crippen molar-refractivity contribution >= 4 is 0 Å². The number of hydrogen-bond acceptors (Lipinski definition) is 0. The maximum Gasteiger partial charge on any atom is 0.0785 e. The summed E-state index contributed by atoms with van der Waals surface area (Å²) < 4.78 is 9.50. The van der Waals surface area contributed by atoms with Crippen LogP contribution < -0.4 is 0 Å². The van der Waals surface area contributed by atoms with Crippen LogP contribution in [0.15, 0.2) is 0 Å². The summed E-state index contributed by atoms with van der Waals surface area (Å²) in [6.45, 7) is 6.92. The molecule has 0 N–H and O–H groups in total. The summed E-state index contributed by atoms with van der Waals surface area (Å²) in [4.78, 5) is 0. The SMILES string of the molecule is CCCCC(C)CCCC.CF. The van der Waals surface area contributed by atoms with Gasteiger partial charge in [-0.25, -0.2) is 0 Å². The van der Waals surface area contributed by atoms with Crippen molar-refractivity contribution in [2.75, 3.05) is 7.18 Å². The van der Waals surface area contributed by atoms with Gasteiger partial charge >= 0.3 is 0 Å². The van der Waals surface area contributed by atoms with Gasteiger partial charge in [-0.3, -0.25) is 4.39 Å². The van der Waals surface area contributed by atoms with Gasteiger partial charge in [0.1, 0.15) is 0 Å². The number of rotatable bonds is 6. The molecule has 0 bridgehead atoms. The normalized spacial score (nSPS) is 9.50. The molecule has 12 heavy (non-hydrogen) atoms. The van der Waals surface area contributed by atoms with E-state index in [4.69, 9.17) is 0 Å². The van der Waals surface area contributed by atoms with Gasteiger partial charge in [0, 0.05) is 0 Å². The minimum Gasteiger partial charge on any atom is -0.255 e. The lowest BCUT2D eigenvalue weighted by Gasteiger charge is -2.08. The molecule has 0 saturated heterocycles. The third kappa shape index (κ3) is 12.6. The summed E-state index contributed by atoms with van der Waals surface area (Å²) in [5.74, 6) is 0.972. The van der Waals surface area contributed by atoms with E-state index in [0.717, 1.165) is 5.92 Å². The first-order valence-corrected chi connectivity index (χ1v) is 5.19. The highest BCUT2D eigenvalue weighted by Gasteiger charge is 1.98. The third-order valence-electron chi connectivity index (χ3n) is 2.10. The summed E-state index contributed by atoms with van der Waals surface area (Å²) in [7, 11) is 0.500. The fourth-order valence-corrected chi connectivity index (χ4v) is 1.25. The molecule has 0 rings (SSSR count). The number of alkyl halides is 1. The van der Waals surface area contributed by atoms with E-state index in [9.17, 15) is 4.39 Å². The van der Waals surface area contributed by atoms with Crippen LogP contribution in [0.25, 0.3) is 0 Å². The van der Waals surface area contributed by atoms with E-state index in [1.807, 2.05) is 0 Å². The fourth-order valence-electron chi connectivity index (χ4n) is 1.25. The van der Waals surface area contributed by atoms with Crippen molar-refractivity contribution in [1.82, 2.24) is 0 Å². The molecular weight excluding hydrogens is 151 g/mol. The van der Waals surface area contributed by atoms with E-state index >= 15 is 0 Å². The number of halogens is 1. The topological polar surface area (TPSA) is 0 Å². The Morgan fingerprint density at radius 3 is 1.50 bits per heavy atom. The van der Waals surface area contributed by atoms with Crippen LogP contribution in [-0.2, 0) is 0 Å². The number of unbranched alkanes of at least 4 members (excludes halogenated alkanes) is 2. The van der Waals surface area contributed by atoms with Crippen molar-refractivity contribution in [1.29, 1.82) is 0 Å². The van der Waals surface area contributed by atoms with Crippen molar-refractivity contribution in [3.63, 3.8) is 0 Å². The third-order valence-corrected chi connectivity index (χ3v) is 2.10. The van der Waals surface area contributed by atoms with Gasteiger partial charge in [0.25, 0.3) is 0 Å². The van der Waals surface area contributed by atoms with Gasteiger partial charge in [-0.1, -0.05) is 59.3 Å². The summed E-state index contributed by atoms with van der Waals surface area (Å²) in [5.41, 5.74) is 0. The van der Waals surface area contributed by atoms with Gasteiger partial charge in [0.05, 0.1) is 7.18 Å². The molecule has 0 nitrogen and oxygen atoms in total. The van der Waals surface area contributed by atoms with Crippen molar-refractivity contribution in [3.05, 3.63) is 0 Å². The molecule has 0 spiro atoms. The zero-order chi connectivity index (χ0) is 9.82. The van der Waals surface area contributed by atoms with Crippen LogP contribution in [0.2, 0.25) is 0 Å². The predicted octanol–water partition coefficient (Wildman–Crippen LogP) is 4.59. The second kappa shape index (κ2) is 13.5. The van der Waals surface area contributed by atoms with Crippen LogP contribution >= 0.6 is 0 Å². The fraction of sp³-hybridized carbons (Fsp3) is 1.00. The maximum absolute atomic E-state index is 9.50. The minimum atomic E-state index is 0.500. The van der Waals surface area contributed by atoms with Gasteiger partial charge in [-0.15, -0.1) is 0 Å². The van der Waals surface area contributed by atoms with E-state index in [0.29, 0.717) is 7.18 Å². The van der Waals surface area contributed by atoms with Crippen LogP contribution in [-0.4, -0.2) is 7.18 Å². The molecule has 0 aromatic rings. The highest BCUT2D eigenvalue weighted by atomic mass is 19.1. The molecule has 0 aromatic heterocycles. The molecule has 0 fully saturated rings. The average Bonchev–Trinajstić information content (AvgIpc) is 2.14. The zero-order valence-electron chi connectivity index (χ0n) is 9.20. The lowest BCUT2D eigenvalue weighted by Crippen LogP contribution is -1.93.